The second-order valence-corrected chi connectivity index (χ2v) is 6.86. The Labute approximate surface area is 155 Å². The van der Waals surface area contributed by atoms with Crippen LogP contribution in [0.3, 0.4) is 0 Å². The lowest BCUT2D eigenvalue weighted by atomic mass is 10.0. The van der Waals surface area contributed by atoms with Gasteiger partial charge in [-0.25, -0.2) is 0 Å². The van der Waals surface area contributed by atoms with Gasteiger partial charge in [0.05, 0.1) is 27.8 Å². The van der Waals surface area contributed by atoms with E-state index in [0.29, 0.717) is 15.7 Å². The zero-order valence-electron chi connectivity index (χ0n) is 13.7. The Morgan fingerprint density at radius 2 is 1.76 bits per heavy atom. The number of carbonyl (C=O) groups is 2. The zero-order chi connectivity index (χ0) is 18.1. The molecule has 0 saturated heterocycles. The first-order chi connectivity index (χ1) is 11.8. The average Bonchev–Trinajstić information content (AvgIpc) is 2.54. The summed E-state index contributed by atoms with van der Waals surface area (Å²) in [6.07, 6.45) is -0.00154. The molecule has 2 aromatic carbocycles. The fourth-order valence-corrected chi connectivity index (χ4v) is 2.93. The molecule has 130 valence electrons. The van der Waals surface area contributed by atoms with Crippen molar-refractivity contribution in [3.05, 3.63) is 51.5 Å². The number of anilines is 3. The molecule has 0 fully saturated rings. The first-order valence-electron chi connectivity index (χ1n) is 7.77. The number of hydrogen-bond acceptors (Lipinski definition) is 3. The van der Waals surface area contributed by atoms with E-state index in [4.69, 9.17) is 23.2 Å². The van der Waals surface area contributed by atoms with E-state index in [1.54, 1.807) is 18.2 Å². The topological polar surface area (TPSA) is 70.2 Å². The van der Waals surface area contributed by atoms with Gasteiger partial charge in [-0.1, -0.05) is 23.2 Å². The maximum Gasteiger partial charge on any atom is 0.247 e. The molecule has 1 atom stereocenters. The van der Waals surface area contributed by atoms with Gasteiger partial charge in [-0.2, -0.15) is 0 Å². The van der Waals surface area contributed by atoms with Crippen LogP contribution in [-0.4, -0.2) is 17.9 Å². The van der Waals surface area contributed by atoms with Crippen LogP contribution < -0.4 is 16.0 Å². The third-order valence-corrected chi connectivity index (χ3v) is 4.87. The van der Waals surface area contributed by atoms with Gasteiger partial charge in [-0.05, 0) is 55.3 Å². The number of nitrogens with one attached hydrogen (secondary N) is 3. The molecule has 0 aliphatic carbocycles. The van der Waals surface area contributed by atoms with Crippen LogP contribution in [0, 0.1) is 13.8 Å². The van der Waals surface area contributed by atoms with Gasteiger partial charge in [0.2, 0.25) is 11.8 Å². The predicted molar refractivity (Wildman–Crippen MR) is 102 cm³/mol. The van der Waals surface area contributed by atoms with Crippen molar-refractivity contribution in [1.29, 1.82) is 0 Å². The van der Waals surface area contributed by atoms with Gasteiger partial charge < -0.3 is 16.0 Å². The first-order valence-corrected chi connectivity index (χ1v) is 8.52. The normalized spacial score (nSPS) is 15.8. The van der Waals surface area contributed by atoms with Crippen molar-refractivity contribution in [3.8, 4) is 0 Å². The van der Waals surface area contributed by atoms with E-state index < -0.39 is 6.04 Å². The van der Waals surface area contributed by atoms with E-state index in [2.05, 4.69) is 16.0 Å². The molecule has 0 radical (unpaired) electrons. The number of amides is 2. The van der Waals surface area contributed by atoms with Crippen LogP contribution in [-0.2, 0) is 9.59 Å². The minimum absolute atomic E-state index is 0.00154. The van der Waals surface area contributed by atoms with E-state index in [0.717, 1.165) is 22.5 Å². The lowest BCUT2D eigenvalue weighted by Crippen LogP contribution is -2.41. The SMILES string of the molecule is Cc1cc2c(cc1C)NC(CC(=O)Nc1ccc(Cl)c(Cl)c1)C(=O)N2. The summed E-state index contributed by atoms with van der Waals surface area (Å²) in [6.45, 7) is 3.98. The summed E-state index contributed by atoms with van der Waals surface area (Å²) < 4.78 is 0. The van der Waals surface area contributed by atoms with Crippen LogP contribution in [0.25, 0.3) is 0 Å². The van der Waals surface area contributed by atoms with Gasteiger partial charge in [-0.3, -0.25) is 9.59 Å². The molecule has 1 unspecified atom stereocenters. The maximum atomic E-state index is 12.2. The molecule has 3 N–H and O–H groups in total. The van der Waals surface area contributed by atoms with Crippen LogP contribution >= 0.6 is 23.2 Å². The molecule has 0 spiro atoms. The zero-order valence-corrected chi connectivity index (χ0v) is 15.3. The summed E-state index contributed by atoms with van der Waals surface area (Å²) in [5.41, 5.74) is 4.28. The Kier molecular flexibility index (Phi) is 4.88. The number of hydrogen-bond donors (Lipinski definition) is 3. The molecule has 1 aliphatic heterocycles. The summed E-state index contributed by atoms with van der Waals surface area (Å²) in [7, 11) is 0. The molecule has 25 heavy (non-hydrogen) atoms. The highest BCUT2D eigenvalue weighted by Crippen LogP contribution is 2.30. The number of carbonyl (C=O) groups excluding carboxylic acids is 2. The molecule has 0 saturated carbocycles. The highest BCUT2D eigenvalue weighted by Gasteiger charge is 2.28. The van der Waals surface area contributed by atoms with E-state index in [1.807, 2.05) is 26.0 Å². The van der Waals surface area contributed by atoms with E-state index in [-0.39, 0.29) is 18.2 Å². The molecule has 2 aromatic rings. The van der Waals surface area contributed by atoms with Gasteiger partial charge in [0.1, 0.15) is 6.04 Å². The van der Waals surface area contributed by atoms with Crippen molar-refractivity contribution in [2.24, 2.45) is 0 Å². The number of fused-ring (bicyclic) bond motifs is 1. The van der Waals surface area contributed by atoms with Crippen LogP contribution in [0.5, 0.6) is 0 Å². The molecule has 7 heteroatoms. The lowest BCUT2D eigenvalue weighted by molar-refractivity contribution is -0.122. The Balaban J connectivity index is 1.69. The predicted octanol–water partition coefficient (Wildman–Crippen LogP) is 4.37. The van der Waals surface area contributed by atoms with Crippen LogP contribution in [0.2, 0.25) is 10.0 Å². The van der Waals surface area contributed by atoms with Gasteiger partial charge >= 0.3 is 0 Å². The second kappa shape index (κ2) is 6.94. The van der Waals surface area contributed by atoms with Crippen molar-refractivity contribution in [2.45, 2.75) is 26.3 Å². The number of benzene rings is 2. The standard InChI is InChI=1S/C18H17Cl2N3O2/c1-9-5-14-15(6-10(9)2)23-18(25)16(22-14)8-17(24)21-11-3-4-12(19)13(20)7-11/h3-7,16,22H,8H2,1-2H3,(H,21,24)(H,23,25). The summed E-state index contributed by atoms with van der Waals surface area (Å²) >= 11 is 11.8. The Bertz CT molecular complexity index is 868. The van der Waals surface area contributed by atoms with Gasteiger partial charge in [0, 0.05) is 5.69 Å². The third-order valence-electron chi connectivity index (χ3n) is 4.13. The first kappa shape index (κ1) is 17.6. The molecule has 0 bridgehead atoms. The molecule has 1 heterocycles. The van der Waals surface area contributed by atoms with Gasteiger partial charge in [0.25, 0.3) is 0 Å². The summed E-state index contributed by atoms with van der Waals surface area (Å²) in [5.74, 6) is -0.529. The Hall–Kier alpha value is -2.24. The van der Waals surface area contributed by atoms with E-state index >= 15 is 0 Å². The van der Waals surface area contributed by atoms with Crippen LogP contribution in [0.4, 0.5) is 17.1 Å². The lowest BCUT2D eigenvalue weighted by Gasteiger charge is -2.27. The molecular weight excluding hydrogens is 361 g/mol. The van der Waals surface area contributed by atoms with E-state index in [9.17, 15) is 9.59 Å². The highest BCUT2D eigenvalue weighted by atomic mass is 35.5. The van der Waals surface area contributed by atoms with Crippen molar-refractivity contribution < 1.29 is 9.59 Å². The smallest absolute Gasteiger partial charge is 0.247 e. The second-order valence-electron chi connectivity index (χ2n) is 6.05. The Morgan fingerprint density at radius 3 is 2.44 bits per heavy atom. The van der Waals surface area contributed by atoms with Crippen molar-refractivity contribution in [2.75, 3.05) is 16.0 Å². The molecule has 2 amide bonds. The number of halogens is 2. The molecular formula is C18H17Cl2N3O2. The van der Waals surface area contributed by atoms with Crippen molar-refractivity contribution in [3.63, 3.8) is 0 Å². The minimum atomic E-state index is -0.641. The summed E-state index contributed by atoms with van der Waals surface area (Å²) in [5, 5.41) is 9.46. The molecule has 3 rings (SSSR count). The fourth-order valence-electron chi connectivity index (χ4n) is 2.63. The Morgan fingerprint density at radius 1 is 1.08 bits per heavy atom. The largest absolute Gasteiger partial charge is 0.372 e. The maximum absolute atomic E-state index is 12.2. The van der Waals surface area contributed by atoms with Gasteiger partial charge in [0.15, 0.2) is 0 Å². The van der Waals surface area contributed by atoms with Crippen LogP contribution in [0.15, 0.2) is 30.3 Å². The summed E-state index contributed by atoms with van der Waals surface area (Å²) in [6, 6.07) is 8.07. The van der Waals surface area contributed by atoms with Crippen LogP contribution in [0.1, 0.15) is 17.5 Å². The minimum Gasteiger partial charge on any atom is -0.372 e. The molecule has 0 aromatic heterocycles. The van der Waals surface area contributed by atoms with Crippen molar-refractivity contribution >= 4 is 52.1 Å². The number of rotatable bonds is 3. The monoisotopic (exact) mass is 377 g/mol. The van der Waals surface area contributed by atoms with Crippen molar-refractivity contribution in [1.82, 2.24) is 0 Å². The molecule has 1 aliphatic rings. The average molecular weight is 378 g/mol. The third kappa shape index (κ3) is 3.89. The fraction of sp³-hybridized carbons (Fsp3) is 0.222. The summed E-state index contributed by atoms with van der Waals surface area (Å²) in [4.78, 5) is 24.5. The van der Waals surface area contributed by atoms with Gasteiger partial charge in [-0.15, -0.1) is 0 Å². The number of aryl methyl sites for hydroxylation is 2. The quantitative estimate of drug-likeness (QED) is 0.743. The molecule has 5 nitrogen and oxygen atoms in total. The van der Waals surface area contributed by atoms with E-state index in [1.165, 1.54) is 0 Å². The highest BCUT2D eigenvalue weighted by molar-refractivity contribution is 6.42.